The molecule has 0 atom stereocenters. The first kappa shape index (κ1) is 16.2. The van der Waals surface area contributed by atoms with E-state index in [2.05, 4.69) is 25.6 Å². The summed E-state index contributed by atoms with van der Waals surface area (Å²) in [5.41, 5.74) is 1.23. The zero-order valence-electron chi connectivity index (χ0n) is 11.7. The average molecular weight is 411 g/mol. The van der Waals surface area contributed by atoms with Crippen LogP contribution in [0, 0.1) is 0 Å². The van der Waals surface area contributed by atoms with Crippen LogP contribution in [0.1, 0.15) is 5.56 Å². The van der Waals surface area contributed by atoms with E-state index in [-0.39, 0.29) is 16.6 Å². The van der Waals surface area contributed by atoms with Crippen molar-refractivity contribution >= 4 is 54.4 Å². The number of hydrogen-bond acceptors (Lipinski definition) is 4. The van der Waals surface area contributed by atoms with Gasteiger partial charge in [0.05, 0.1) is 10.6 Å². The molecule has 1 N–H and O–H groups in total. The summed E-state index contributed by atoms with van der Waals surface area (Å²) in [7, 11) is -3.64. The van der Waals surface area contributed by atoms with Gasteiger partial charge in [0.2, 0.25) is 5.91 Å². The SMILES string of the molecule is O=C(CSC1=NS(=O)(=O)c2ccccc21)Nc1ccc(Br)cc1. The lowest BCUT2D eigenvalue weighted by Gasteiger charge is -2.05. The highest BCUT2D eigenvalue weighted by atomic mass is 79.9. The first-order valence-electron chi connectivity index (χ1n) is 6.58. The third-order valence-electron chi connectivity index (χ3n) is 3.07. The number of nitrogens with zero attached hydrogens (tertiary/aromatic N) is 1. The Bertz CT molecular complexity index is 893. The van der Waals surface area contributed by atoms with Crippen LogP contribution in [-0.4, -0.2) is 25.1 Å². The first-order chi connectivity index (χ1) is 11.0. The van der Waals surface area contributed by atoms with Crippen LogP contribution in [0.25, 0.3) is 0 Å². The van der Waals surface area contributed by atoms with Gasteiger partial charge in [0.15, 0.2) is 0 Å². The van der Waals surface area contributed by atoms with Crippen molar-refractivity contribution in [2.24, 2.45) is 4.40 Å². The minimum absolute atomic E-state index is 0.0821. The Morgan fingerprint density at radius 1 is 1.13 bits per heavy atom. The molecule has 0 fully saturated rings. The monoisotopic (exact) mass is 410 g/mol. The van der Waals surface area contributed by atoms with Crippen molar-refractivity contribution < 1.29 is 13.2 Å². The lowest BCUT2D eigenvalue weighted by atomic mass is 10.2. The van der Waals surface area contributed by atoms with Gasteiger partial charge in [-0.3, -0.25) is 4.79 Å². The van der Waals surface area contributed by atoms with Crippen molar-refractivity contribution in [1.82, 2.24) is 0 Å². The van der Waals surface area contributed by atoms with Crippen LogP contribution in [0.5, 0.6) is 0 Å². The van der Waals surface area contributed by atoms with E-state index in [0.29, 0.717) is 16.3 Å². The predicted molar refractivity (Wildman–Crippen MR) is 95.4 cm³/mol. The fraction of sp³-hybridized carbons (Fsp3) is 0.0667. The normalized spacial score (nSPS) is 14.9. The number of thioether (sulfide) groups is 1. The molecular formula is C15H11BrN2O3S2. The second kappa shape index (κ2) is 6.46. The van der Waals surface area contributed by atoms with E-state index in [0.717, 1.165) is 16.2 Å². The van der Waals surface area contributed by atoms with Gasteiger partial charge in [-0.15, -0.1) is 0 Å². The maximum atomic E-state index is 12.0. The molecule has 0 bridgehead atoms. The second-order valence-electron chi connectivity index (χ2n) is 4.71. The summed E-state index contributed by atoms with van der Waals surface area (Å²) in [5, 5.41) is 3.11. The molecule has 1 aliphatic heterocycles. The molecule has 2 aromatic rings. The van der Waals surface area contributed by atoms with Crippen LogP contribution in [0.15, 0.2) is 62.3 Å². The van der Waals surface area contributed by atoms with E-state index in [1.54, 1.807) is 30.3 Å². The van der Waals surface area contributed by atoms with E-state index in [1.165, 1.54) is 6.07 Å². The van der Waals surface area contributed by atoms with Crippen LogP contribution >= 0.6 is 27.7 Å². The summed E-state index contributed by atoms with van der Waals surface area (Å²) in [6.45, 7) is 0. The zero-order valence-corrected chi connectivity index (χ0v) is 14.9. The van der Waals surface area contributed by atoms with Crippen molar-refractivity contribution in [1.29, 1.82) is 0 Å². The standard InChI is InChI=1S/C15H11BrN2O3S2/c16-10-5-7-11(8-6-10)17-14(19)9-22-15-12-3-1-2-4-13(12)23(20,21)18-15/h1-8H,9H2,(H,17,19). The molecule has 0 saturated heterocycles. The van der Waals surface area contributed by atoms with Gasteiger partial charge in [-0.25, -0.2) is 0 Å². The Labute approximate surface area is 146 Å². The molecule has 1 heterocycles. The van der Waals surface area contributed by atoms with E-state index < -0.39 is 10.0 Å². The number of fused-ring (bicyclic) bond motifs is 1. The molecule has 3 rings (SSSR count). The van der Waals surface area contributed by atoms with Gasteiger partial charge in [-0.05, 0) is 30.3 Å². The third-order valence-corrected chi connectivity index (χ3v) is 6.04. The van der Waals surface area contributed by atoms with E-state index in [4.69, 9.17) is 0 Å². The van der Waals surface area contributed by atoms with Gasteiger partial charge < -0.3 is 5.32 Å². The summed E-state index contributed by atoms with van der Waals surface area (Å²) in [6, 6.07) is 13.8. The smallest absolute Gasteiger partial charge is 0.284 e. The van der Waals surface area contributed by atoms with Crippen LogP contribution in [0.3, 0.4) is 0 Å². The maximum Gasteiger partial charge on any atom is 0.284 e. The Morgan fingerprint density at radius 2 is 1.83 bits per heavy atom. The molecule has 0 aliphatic carbocycles. The van der Waals surface area contributed by atoms with Gasteiger partial charge in [0.25, 0.3) is 10.0 Å². The lowest BCUT2D eigenvalue weighted by molar-refractivity contribution is -0.113. The number of nitrogens with one attached hydrogen (secondary N) is 1. The number of sulfonamides is 1. The number of benzene rings is 2. The van der Waals surface area contributed by atoms with E-state index in [9.17, 15) is 13.2 Å². The largest absolute Gasteiger partial charge is 0.325 e. The molecule has 1 amide bonds. The van der Waals surface area contributed by atoms with E-state index in [1.807, 2.05) is 12.1 Å². The summed E-state index contributed by atoms with van der Waals surface area (Å²) in [5.74, 6) is -0.138. The molecule has 1 aliphatic rings. The first-order valence-corrected chi connectivity index (χ1v) is 9.80. The van der Waals surface area contributed by atoms with Gasteiger partial charge in [0.1, 0.15) is 5.04 Å². The molecule has 23 heavy (non-hydrogen) atoms. The highest BCUT2D eigenvalue weighted by molar-refractivity contribution is 9.10. The minimum Gasteiger partial charge on any atom is -0.325 e. The number of carbonyl (C=O) groups is 1. The van der Waals surface area contributed by atoms with E-state index >= 15 is 0 Å². The predicted octanol–water partition coefficient (Wildman–Crippen LogP) is 3.27. The van der Waals surface area contributed by atoms with Crippen LogP contribution < -0.4 is 5.32 Å². The molecule has 2 aromatic carbocycles. The topological polar surface area (TPSA) is 75.6 Å². The lowest BCUT2D eigenvalue weighted by Crippen LogP contribution is -2.15. The van der Waals surface area contributed by atoms with Crippen molar-refractivity contribution in [2.75, 3.05) is 11.1 Å². The molecule has 5 nitrogen and oxygen atoms in total. The third kappa shape index (κ3) is 3.65. The average Bonchev–Trinajstić information content (AvgIpc) is 2.79. The summed E-state index contributed by atoms with van der Waals surface area (Å²) in [6.07, 6.45) is 0. The van der Waals surface area contributed by atoms with Gasteiger partial charge in [-0.1, -0.05) is 45.9 Å². The fourth-order valence-electron chi connectivity index (χ4n) is 2.04. The summed E-state index contributed by atoms with van der Waals surface area (Å²) < 4.78 is 28.5. The Morgan fingerprint density at radius 3 is 2.57 bits per heavy atom. The molecule has 0 spiro atoms. The summed E-state index contributed by atoms with van der Waals surface area (Å²) >= 11 is 4.43. The quantitative estimate of drug-likeness (QED) is 0.841. The fourth-order valence-corrected chi connectivity index (χ4v) is 4.66. The van der Waals surface area contributed by atoms with Crippen molar-refractivity contribution in [2.45, 2.75) is 4.90 Å². The molecule has 8 heteroatoms. The van der Waals surface area contributed by atoms with Crippen molar-refractivity contribution in [3.05, 3.63) is 58.6 Å². The molecular weight excluding hydrogens is 400 g/mol. The highest BCUT2D eigenvalue weighted by Gasteiger charge is 2.28. The molecule has 0 aromatic heterocycles. The maximum absolute atomic E-state index is 12.0. The number of carbonyl (C=O) groups excluding carboxylic acids is 1. The van der Waals surface area contributed by atoms with Gasteiger partial charge in [0, 0.05) is 15.7 Å². The molecule has 0 unspecified atom stereocenters. The molecule has 0 saturated carbocycles. The molecule has 0 radical (unpaired) electrons. The number of amides is 1. The Kier molecular flexibility index (Phi) is 4.56. The Hall–Kier alpha value is -1.64. The van der Waals surface area contributed by atoms with Crippen LogP contribution in [0.2, 0.25) is 0 Å². The van der Waals surface area contributed by atoms with Gasteiger partial charge in [-0.2, -0.15) is 12.8 Å². The van der Waals surface area contributed by atoms with Crippen LogP contribution in [-0.2, 0) is 14.8 Å². The second-order valence-corrected chi connectivity index (χ2v) is 8.16. The molecule has 118 valence electrons. The van der Waals surface area contributed by atoms with Gasteiger partial charge >= 0.3 is 0 Å². The summed E-state index contributed by atoms with van der Waals surface area (Å²) in [4.78, 5) is 12.2. The minimum atomic E-state index is -3.64. The van der Waals surface area contributed by atoms with Crippen molar-refractivity contribution in [3.8, 4) is 0 Å². The van der Waals surface area contributed by atoms with Crippen LogP contribution in [0.4, 0.5) is 5.69 Å². The number of rotatable bonds is 3. The zero-order chi connectivity index (χ0) is 16.4. The number of hydrogen-bond donors (Lipinski definition) is 1. The Balaban J connectivity index is 1.67. The highest BCUT2D eigenvalue weighted by Crippen LogP contribution is 2.30. The number of halogens is 1. The van der Waals surface area contributed by atoms with Crippen molar-refractivity contribution in [3.63, 3.8) is 0 Å². The number of anilines is 1.